The fourth-order valence-corrected chi connectivity index (χ4v) is 1.62. The van der Waals surface area contributed by atoms with Crippen molar-refractivity contribution in [3.63, 3.8) is 0 Å². The molecule has 0 aliphatic rings. The van der Waals surface area contributed by atoms with E-state index in [2.05, 4.69) is 4.98 Å². The van der Waals surface area contributed by atoms with Gasteiger partial charge in [0.25, 0.3) is 0 Å². The number of aromatic nitrogens is 2. The van der Waals surface area contributed by atoms with Crippen LogP contribution in [0.3, 0.4) is 0 Å². The fourth-order valence-electron chi connectivity index (χ4n) is 1.62. The highest BCUT2D eigenvalue weighted by atomic mass is 19.1. The Morgan fingerprint density at radius 1 is 1.47 bits per heavy atom. The number of hydrogen-bond donors (Lipinski definition) is 1. The summed E-state index contributed by atoms with van der Waals surface area (Å²) in [4.78, 5) is 3.95. The molecule has 0 spiro atoms. The Labute approximate surface area is 97.6 Å². The minimum atomic E-state index is -0.385. The van der Waals surface area contributed by atoms with Crippen molar-refractivity contribution < 1.29 is 9.50 Å². The molecule has 0 aliphatic heterocycles. The molecule has 1 aromatic heterocycles. The number of nitriles is 1. The Hall–Kier alpha value is -2.19. The summed E-state index contributed by atoms with van der Waals surface area (Å²) in [6.07, 6.45) is 3.23. The van der Waals surface area contributed by atoms with E-state index in [9.17, 15) is 4.39 Å². The normalized spacial score (nSPS) is 10.2. The molecule has 0 aliphatic carbocycles. The number of benzene rings is 1. The van der Waals surface area contributed by atoms with Crippen LogP contribution in [0.4, 0.5) is 4.39 Å². The highest BCUT2D eigenvalue weighted by Gasteiger charge is 2.07. The van der Waals surface area contributed by atoms with Gasteiger partial charge in [-0.05, 0) is 23.8 Å². The van der Waals surface area contributed by atoms with Crippen molar-refractivity contribution in [1.29, 1.82) is 5.26 Å². The second-order valence-electron chi connectivity index (χ2n) is 3.54. The van der Waals surface area contributed by atoms with Crippen molar-refractivity contribution in [2.75, 3.05) is 0 Å². The van der Waals surface area contributed by atoms with Crippen LogP contribution < -0.4 is 0 Å². The van der Waals surface area contributed by atoms with Gasteiger partial charge in [-0.25, -0.2) is 9.37 Å². The first kappa shape index (κ1) is 11.3. The average Bonchev–Trinajstić information content (AvgIpc) is 2.77. The van der Waals surface area contributed by atoms with Crippen LogP contribution in [0, 0.1) is 17.1 Å². The Morgan fingerprint density at radius 3 is 3.00 bits per heavy atom. The van der Waals surface area contributed by atoms with E-state index in [-0.39, 0.29) is 12.4 Å². The summed E-state index contributed by atoms with van der Waals surface area (Å²) < 4.78 is 14.8. The number of imidazole rings is 1. The topological polar surface area (TPSA) is 61.8 Å². The molecule has 0 saturated carbocycles. The van der Waals surface area contributed by atoms with E-state index in [1.165, 1.54) is 18.2 Å². The molecule has 0 saturated heterocycles. The Morgan fingerprint density at radius 2 is 2.29 bits per heavy atom. The van der Waals surface area contributed by atoms with Crippen LogP contribution in [-0.4, -0.2) is 14.7 Å². The average molecular weight is 231 g/mol. The number of aliphatic hydroxyl groups is 1. The van der Waals surface area contributed by atoms with E-state index in [0.29, 0.717) is 23.5 Å². The summed E-state index contributed by atoms with van der Waals surface area (Å²) in [7, 11) is 0. The minimum absolute atomic E-state index is 0.190. The lowest BCUT2D eigenvalue weighted by Gasteiger charge is -2.07. The van der Waals surface area contributed by atoms with Crippen molar-refractivity contribution in [2.24, 2.45) is 0 Å². The molecule has 4 nitrogen and oxygen atoms in total. The van der Waals surface area contributed by atoms with E-state index in [4.69, 9.17) is 10.4 Å². The van der Waals surface area contributed by atoms with Gasteiger partial charge in [0.1, 0.15) is 18.2 Å². The molecule has 0 bridgehead atoms. The van der Waals surface area contributed by atoms with Crippen LogP contribution in [-0.2, 0) is 13.2 Å². The molecule has 0 atom stereocenters. The number of aliphatic hydroxyl groups excluding tert-OH is 1. The third kappa shape index (κ3) is 2.32. The third-order valence-corrected chi connectivity index (χ3v) is 2.47. The summed E-state index contributed by atoms with van der Waals surface area (Å²) in [6, 6.07) is 6.03. The predicted octanol–water partition coefficient (Wildman–Crippen LogP) is 1.43. The summed E-state index contributed by atoms with van der Waals surface area (Å²) in [5, 5.41) is 18.0. The van der Waals surface area contributed by atoms with Crippen LogP contribution in [0.15, 0.2) is 30.6 Å². The molecule has 0 radical (unpaired) electrons. The Bertz CT molecular complexity index is 571. The molecule has 2 aromatic rings. The predicted molar refractivity (Wildman–Crippen MR) is 58.4 cm³/mol. The molecule has 0 unspecified atom stereocenters. The SMILES string of the molecule is N#Cc1ccc(F)cc1Cn1ccnc1CO. The zero-order chi connectivity index (χ0) is 12.3. The summed E-state index contributed by atoms with van der Waals surface area (Å²) >= 11 is 0. The van der Waals surface area contributed by atoms with Crippen LogP contribution in [0.5, 0.6) is 0 Å². The Balaban J connectivity index is 2.36. The number of rotatable bonds is 3. The van der Waals surface area contributed by atoms with E-state index >= 15 is 0 Å². The molecule has 5 heteroatoms. The first-order valence-electron chi connectivity index (χ1n) is 5.04. The Kier molecular flexibility index (Phi) is 3.17. The zero-order valence-electron chi connectivity index (χ0n) is 8.97. The molecule has 17 heavy (non-hydrogen) atoms. The second-order valence-corrected chi connectivity index (χ2v) is 3.54. The van der Waals surface area contributed by atoms with Crippen molar-refractivity contribution in [3.8, 4) is 6.07 Å². The fraction of sp³-hybridized carbons (Fsp3) is 0.167. The van der Waals surface area contributed by atoms with Gasteiger partial charge in [-0.1, -0.05) is 0 Å². The standard InChI is InChI=1S/C12H10FN3O/c13-11-2-1-9(6-14)10(5-11)7-16-4-3-15-12(16)8-17/h1-5,17H,7-8H2. The highest BCUT2D eigenvalue weighted by Crippen LogP contribution is 2.13. The van der Waals surface area contributed by atoms with E-state index in [1.54, 1.807) is 17.0 Å². The molecule has 1 heterocycles. The zero-order valence-corrected chi connectivity index (χ0v) is 8.97. The van der Waals surface area contributed by atoms with Gasteiger partial charge in [0.2, 0.25) is 0 Å². The van der Waals surface area contributed by atoms with Crippen LogP contribution in [0.25, 0.3) is 0 Å². The summed E-state index contributed by atoms with van der Waals surface area (Å²) in [6.45, 7) is 0.126. The maximum absolute atomic E-state index is 13.1. The first-order chi connectivity index (χ1) is 8.24. The number of halogens is 1. The monoisotopic (exact) mass is 231 g/mol. The van der Waals surface area contributed by atoms with E-state index < -0.39 is 0 Å². The van der Waals surface area contributed by atoms with Crippen LogP contribution in [0.2, 0.25) is 0 Å². The minimum Gasteiger partial charge on any atom is -0.388 e. The summed E-state index contributed by atoms with van der Waals surface area (Å²) in [5.41, 5.74) is 0.990. The van der Waals surface area contributed by atoms with Crippen LogP contribution >= 0.6 is 0 Å². The van der Waals surface area contributed by atoms with Gasteiger partial charge >= 0.3 is 0 Å². The molecule has 0 amide bonds. The largest absolute Gasteiger partial charge is 0.388 e. The van der Waals surface area contributed by atoms with Crippen molar-refractivity contribution >= 4 is 0 Å². The lowest BCUT2D eigenvalue weighted by atomic mass is 10.1. The highest BCUT2D eigenvalue weighted by molar-refractivity contribution is 5.38. The molecular formula is C12H10FN3O. The van der Waals surface area contributed by atoms with E-state index in [0.717, 1.165) is 0 Å². The second kappa shape index (κ2) is 4.76. The van der Waals surface area contributed by atoms with Gasteiger partial charge < -0.3 is 9.67 Å². The van der Waals surface area contributed by atoms with E-state index in [1.807, 2.05) is 6.07 Å². The molecular weight excluding hydrogens is 221 g/mol. The maximum atomic E-state index is 13.1. The smallest absolute Gasteiger partial charge is 0.134 e. The summed E-state index contributed by atoms with van der Waals surface area (Å²) in [5.74, 6) is 0.0998. The molecule has 86 valence electrons. The van der Waals surface area contributed by atoms with Crippen molar-refractivity contribution in [2.45, 2.75) is 13.2 Å². The lowest BCUT2D eigenvalue weighted by molar-refractivity contribution is 0.266. The maximum Gasteiger partial charge on any atom is 0.134 e. The van der Waals surface area contributed by atoms with Gasteiger partial charge in [-0.2, -0.15) is 5.26 Å². The van der Waals surface area contributed by atoms with Gasteiger partial charge in [-0.15, -0.1) is 0 Å². The van der Waals surface area contributed by atoms with Crippen molar-refractivity contribution in [3.05, 3.63) is 53.4 Å². The van der Waals surface area contributed by atoms with Gasteiger partial charge in [-0.3, -0.25) is 0 Å². The molecule has 0 fully saturated rings. The number of nitrogens with zero attached hydrogens (tertiary/aromatic N) is 3. The molecule has 2 rings (SSSR count). The van der Waals surface area contributed by atoms with Crippen molar-refractivity contribution in [1.82, 2.24) is 9.55 Å². The molecule has 1 N–H and O–H groups in total. The van der Waals surface area contributed by atoms with Gasteiger partial charge in [0.05, 0.1) is 18.2 Å². The van der Waals surface area contributed by atoms with Crippen LogP contribution in [0.1, 0.15) is 17.0 Å². The first-order valence-corrected chi connectivity index (χ1v) is 5.04. The molecule has 1 aromatic carbocycles. The lowest BCUT2D eigenvalue weighted by Crippen LogP contribution is -2.06. The quantitative estimate of drug-likeness (QED) is 0.869. The van der Waals surface area contributed by atoms with Gasteiger partial charge in [0, 0.05) is 12.4 Å². The number of hydrogen-bond acceptors (Lipinski definition) is 3. The van der Waals surface area contributed by atoms with Gasteiger partial charge in [0.15, 0.2) is 0 Å². The third-order valence-electron chi connectivity index (χ3n) is 2.47.